The number of rotatable bonds is 5. The first-order valence-electron chi connectivity index (χ1n) is 9.24. The van der Waals surface area contributed by atoms with Crippen LogP contribution in [0.25, 0.3) is 0 Å². The normalized spacial score (nSPS) is 33.9. The van der Waals surface area contributed by atoms with E-state index in [0.717, 1.165) is 29.0 Å². The molecule has 0 radical (unpaired) electrons. The second-order valence-corrected chi connectivity index (χ2v) is 9.94. The van der Waals surface area contributed by atoms with Crippen LogP contribution in [0.2, 0.25) is 0 Å². The van der Waals surface area contributed by atoms with E-state index in [4.69, 9.17) is 0 Å². The summed E-state index contributed by atoms with van der Waals surface area (Å²) in [6, 6.07) is 0. The maximum Gasteiger partial charge on any atom is 0.189 e. The first kappa shape index (κ1) is 16.4. The van der Waals surface area contributed by atoms with Gasteiger partial charge in [0, 0.05) is 16.0 Å². The number of H-pyrrole nitrogens is 1. The SMILES string of the molecule is CC(=O)c1c(C)[nH]c(C(=O)CSC23CC4CC(CC(C4)C2)C3)c1C. The number of carbonyl (C=O) groups excluding carboxylic acids is 2. The summed E-state index contributed by atoms with van der Waals surface area (Å²) in [6.45, 7) is 5.34. The average Bonchev–Trinajstić information content (AvgIpc) is 2.78. The van der Waals surface area contributed by atoms with Crippen molar-refractivity contribution in [2.24, 2.45) is 17.8 Å². The standard InChI is InChI=1S/C20H27NO2S/c1-11-18(13(3)22)12(2)21-19(11)17(23)10-24-20-7-14-4-15(8-20)6-16(5-14)9-20/h14-16,21H,4-10H2,1-3H3. The highest BCUT2D eigenvalue weighted by Gasteiger charge is 2.51. The molecule has 1 heterocycles. The van der Waals surface area contributed by atoms with Crippen molar-refractivity contribution in [3.05, 3.63) is 22.5 Å². The number of hydrogen-bond acceptors (Lipinski definition) is 3. The van der Waals surface area contributed by atoms with Crippen LogP contribution in [0.1, 0.15) is 77.6 Å². The molecule has 4 fully saturated rings. The number of thioether (sulfide) groups is 1. The van der Waals surface area contributed by atoms with Crippen molar-refractivity contribution < 1.29 is 9.59 Å². The first-order chi connectivity index (χ1) is 11.4. The lowest BCUT2D eigenvalue weighted by Crippen LogP contribution is -2.48. The van der Waals surface area contributed by atoms with E-state index < -0.39 is 0 Å². The van der Waals surface area contributed by atoms with Crippen LogP contribution in [-0.2, 0) is 0 Å². The largest absolute Gasteiger partial charge is 0.355 e. The van der Waals surface area contributed by atoms with Gasteiger partial charge in [-0.2, -0.15) is 0 Å². The van der Waals surface area contributed by atoms with Gasteiger partial charge < -0.3 is 4.98 Å². The summed E-state index contributed by atoms with van der Waals surface area (Å²) in [5, 5.41) is 0. The molecule has 3 nitrogen and oxygen atoms in total. The van der Waals surface area contributed by atoms with Gasteiger partial charge in [0.15, 0.2) is 11.6 Å². The molecule has 4 aliphatic carbocycles. The van der Waals surface area contributed by atoms with Gasteiger partial charge in [-0.1, -0.05) is 0 Å². The Bertz CT molecular complexity index is 667. The summed E-state index contributed by atoms with van der Waals surface area (Å²) in [7, 11) is 0. The van der Waals surface area contributed by atoms with Crippen LogP contribution in [0, 0.1) is 31.6 Å². The van der Waals surface area contributed by atoms with Crippen molar-refractivity contribution >= 4 is 23.3 Å². The predicted molar refractivity (Wildman–Crippen MR) is 98.0 cm³/mol. The molecular weight excluding hydrogens is 318 g/mol. The molecule has 0 amide bonds. The third-order valence-electron chi connectivity index (χ3n) is 6.56. The van der Waals surface area contributed by atoms with Crippen LogP contribution in [0.4, 0.5) is 0 Å². The van der Waals surface area contributed by atoms with E-state index in [1.165, 1.54) is 38.5 Å². The van der Waals surface area contributed by atoms with Crippen molar-refractivity contribution in [3.8, 4) is 0 Å². The molecule has 24 heavy (non-hydrogen) atoms. The zero-order valence-corrected chi connectivity index (χ0v) is 15.7. The number of carbonyl (C=O) groups is 2. The molecule has 0 aromatic carbocycles. The van der Waals surface area contributed by atoms with Crippen LogP contribution >= 0.6 is 11.8 Å². The van der Waals surface area contributed by atoms with Crippen molar-refractivity contribution in [3.63, 3.8) is 0 Å². The molecule has 1 N–H and O–H groups in total. The highest BCUT2D eigenvalue weighted by atomic mass is 32.2. The lowest BCUT2D eigenvalue weighted by molar-refractivity contribution is 0.0383. The Morgan fingerprint density at radius 1 is 1.08 bits per heavy atom. The quantitative estimate of drug-likeness (QED) is 0.786. The maximum absolute atomic E-state index is 12.8. The van der Waals surface area contributed by atoms with Crippen LogP contribution in [0.5, 0.6) is 0 Å². The molecule has 5 rings (SSSR count). The van der Waals surface area contributed by atoms with E-state index in [1.807, 2.05) is 25.6 Å². The molecule has 0 saturated heterocycles. The fourth-order valence-electron chi connectivity index (χ4n) is 6.06. The Morgan fingerprint density at radius 3 is 2.08 bits per heavy atom. The van der Waals surface area contributed by atoms with Gasteiger partial charge in [-0.05, 0) is 82.6 Å². The molecule has 0 spiro atoms. The molecule has 4 saturated carbocycles. The number of Topliss-reactive ketones (excluding diaryl/α,β-unsaturated/α-hetero) is 2. The van der Waals surface area contributed by atoms with Crippen molar-refractivity contribution in [2.75, 3.05) is 5.75 Å². The third kappa shape index (κ3) is 2.67. The molecule has 1 aromatic heterocycles. The lowest BCUT2D eigenvalue weighted by Gasteiger charge is -2.56. The van der Waals surface area contributed by atoms with Gasteiger partial charge in [0.25, 0.3) is 0 Å². The Labute approximate surface area is 148 Å². The molecule has 0 aliphatic heterocycles. The Morgan fingerprint density at radius 2 is 1.62 bits per heavy atom. The highest BCUT2D eigenvalue weighted by molar-refractivity contribution is 8.01. The van der Waals surface area contributed by atoms with E-state index in [1.54, 1.807) is 6.92 Å². The Balaban J connectivity index is 1.48. The molecule has 130 valence electrons. The summed E-state index contributed by atoms with van der Waals surface area (Å²) in [4.78, 5) is 27.7. The topological polar surface area (TPSA) is 49.9 Å². The monoisotopic (exact) mass is 345 g/mol. The number of aryl methyl sites for hydroxylation is 1. The van der Waals surface area contributed by atoms with Crippen LogP contribution in [0.3, 0.4) is 0 Å². The molecule has 4 heteroatoms. The summed E-state index contributed by atoms with van der Waals surface area (Å²) in [6.07, 6.45) is 8.26. The van der Waals surface area contributed by atoms with Gasteiger partial charge in [0.1, 0.15) is 0 Å². The summed E-state index contributed by atoms with van der Waals surface area (Å²) < 4.78 is 0.364. The summed E-state index contributed by atoms with van der Waals surface area (Å²) in [5.41, 5.74) is 2.99. The molecule has 1 aromatic rings. The minimum atomic E-state index is 0.0361. The van der Waals surface area contributed by atoms with Crippen molar-refractivity contribution in [1.29, 1.82) is 0 Å². The molecular formula is C20H27NO2S. The third-order valence-corrected chi connectivity index (χ3v) is 8.08. The van der Waals surface area contributed by atoms with Gasteiger partial charge in [-0.3, -0.25) is 9.59 Å². The Hall–Kier alpha value is -1.03. The van der Waals surface area contributed by atoms with E-state index in [-0.39, 0.29) is 11.6 Å². The lowest BCUT2D eigenvalue weighted by atomic mass is 9.56. The number of hydrogen-bond donors (Lipinski definition) is 1. The minimum Gasteiger partial charge on any atom is -0.355 e. The van der Waals surface area contributed by atoms with Gasteiger partial charge in [-0.15, -0.1) is 11.8 Å². The fraction of sp³-hybridized carbons (Fsp3) is 0.700. The van der Waals surface area contributed by atoms with Gasteiger partial charge in [-0.25, -0.2) is 0 Å². The summed E-state index contributed by atoms with van der Waals surface area (Å²) in [5.74, 6) is 3.48. The summed E-state index contributed by atoms with van der Waals surface area (Å²) >= 11 is 1.91. The average molecular weight is 346 g/mol. The zero-order chi connectivity index (χ0) is 17.1. The second kappa shape index (κ2) is 5.76. The first-order valence-corrected chi connectivity index (χ1v) is 10.2. The van der Waals surface area contributed by atoms with Gasteiger partial charge in [0.2, 0.25) is 0 Å². The maximum atomic E-state index is 12.8. The molecule has 0 atom stereocenters. The highest BCUT2D eigenvalue weighted by Crippen LogP contribution is 2.60. The van der Waals surface area contributed by atoms with Crippen LogP contribution in [0.15, 0.2) is 0 Å². The smallest absolute Gasteiger partial charge is 0.189 e. The number of ketones is 2. The predicted octanol–water partition coefficient (Wildman–Crippen LogP) is 4.72. The molecule has 4 aliphatic rings. The molecule has 0 unspecified atom stereocenters. The van der Waals surface area contributed by atoms with E-state index in [0.29, 0.717) is 21.8 Å². The fourth-order valence-corrected chi connectivity index (χ4v) is 7.70. The van der Waals surface area contributed by atoms with Gasteiger partial charge >= 0.3 is 0 Å². The van der Waals surface area contributed by atoms with Crippen molar-refractivity contribution in [1.82, 2.24) is 4.98 Å². The number of aromatic amines is 1. The van der Waals surface area contributed by atoms with E-state index >= 15 is 0 Å². The van der Waals surface area contributed by atoms with Gasteiger partial charge in [0.05, 0.1) is 11.4 Å². The van der Waals surface area contributed by atoms with E-state index in [9.17, 15) is 9.59 Å². The van der Waals surface area contributed by atoms with E-state index in [2.05, 4.69) is 4.98 Å². The zero-order valence-electron chi connectivity index (χ0n) is 14.9. The second-order valence-electron chi connectivity index (χ2n) is 8.49. The van der Waals surface area contributed by atoms with Crippen LogP contribution < -0.4 is 0 Å². The van der Waals surface area contributed by atoms with Crippen molar-refractivity contribution in [2.45, 2.75) is 64.0 Å². The molecule has 4 bridgehead atoms. The Kier molecular flexibility index (Phi) is 3.94. The minimum absolute atomic E-state index is 0.0361. The number of nitrogens with one attached hydrogen (secondary N) is 1. The number of aromatic nitrogens is 1. The van der Waals surface area contributed by atoms with Crippen LogP contribution in [-0.4, -0.2) is 27.1 Å².